The number of nitrogens with zero attached hydrogens (tertiary/aromatic N) is 5. The summed E-state index contributed by atoms with van der Waals surface area (Å²) >= 11 is 17.7. The van der Waals surface area contributed by atoms with Gasteiger partial charge in [-0.05, 0) is 41.9 Å². The zero-order valence-electron chi connectivity index (χ0n) is 11.8. The van der Waals surface area contributed by atoms with Crippen molar-refractivity contribution < 1.29 is 4.92 Å². The van der Waals surface area contributed by atoms with E-state index in [1.54, 1.807) is 30.3 Å². The van der Waals surface area contributed by atoms with E-state index in [4.69, 9.17) is 34.8 Å². The lowest BCUT2D eigenvalue weighted by Gasteiger charge is -2.08. The first-order valence-corrected chi connectivity index (χ1v) is 7.78. The second-order valence-corrected chi connectivity index (χ2v) is 5.91. The monoisotopic (exact) mass is 383 g/mol. The van der Waals surface area contributed by atoms with Crippen LogP contribution in [0.25, 0.3) is 11.0 Å². The first-order chi connectivity index (χ1) is 11.5. The lowest BCUT2D eigenvalue weighted by molar-refractivity contribution is -0.480. The van der Waals surface area contributed by atoms with Gasteiger partial charge < -0.3 is 0 Å². The lowest BCUT2D eigenvalue weighted by Crippen LogP contribution is -2.30. The van der Waals surface area contributed by atoms with Crippen LogP contribution in [-0.2, 0) is 0 Å². The molecule has 0 radical (unpaired) electrons. The number of aromatic nitrogens is 3. The summed E-state index contributed by atoms with van der Waals surface area (Å²) in [6.07, 6.45) is 0. The summed E-state index contributed by atoms with van der Waals surface area (Å²) in [5, 5.41) is 19.7. The van der Waals surface area contributed by atoms with Gasteiger partial charge in [-0.15, -0.1) is 5.10 Å². The SMILES string of the molecule is O=[N+]([O-])C(Cl)C(=Nc1ccc(Cl)c(Cl)c1)n1nnc2ccccc21. The minimum Gasteiger partial charge on any atom is -0.262 e. The Balaban J connectivity index is 2.18. The molecular formula is C14H8Cl3N5O2. The Kier molecular flexibility index (Phi) is 4.66. The summed E-state index contributed by atoms with van der Waals surface area (Å²) in [4.78, 5) is 14.7. The average Bonchev–Trinajstić information content (AvgIpc) is 2.99. The first-order valence-electron chi connectivity index (χ1n) is 6.59. The van der Waals surface area contributed by atoms with Crippen LogP contribution in [0.5, 0.6) is 0 Å². The maximum absolute atomic E-state index is 11.2. The van der Waals surface area contributed by atoms with Crippen molar-refractivity contribution in [3.05, 3.63) is 62.6 Å². The number of nitro groups is 1. The van der Waals surface area contributed by atoms with Gasteiger partial charge in [-0.25, -0.2) is 4.99 Å². The molecule has 0 bridgehead atoms. The molecule has 0 aliphatic heterocycles. The van der Waals surface area contributed by atoms with Crippen LogP contribution in [0.2, 0.25) is 10.0 Å². The highest BCUT2D eigenvalue weighted by molar-refractivity contribution is 6.42. The molecule has 2 aromatic carbocycles. The number of hydrogen-bond acceptors (Lipinski definition) is 5. The maximum Gasteiger partial charge on any atom is 0.345 e. The second-order valence-electron chi connectivity index (χ2n) is 4.68. The number of hydrogen-bond donors (Lipinski definition) is 0. The van der Waals surface area contributed by atoms with Gasteiger partial charge in [-0.3, -0.25) is 10.1 Å². The Morgan fingerprint density at radius 2 is 1.96 bits per heavy atom. The zero-order valence-corrected chi connectivity index (χ0v) is 14.1. The number of halogens is 3. The molecule has 1 heterocycles. The summed E-state index contributed by atoms with van der Waals surface area (Å²) in [5.41, 5.74) is -0.161. The van der Waals surface area contributed by atoms with Gasteiger partial charge in [0.15, 0.2) is 0 Å². The number of para-hydroxylation sites is 1. The standard InChI is InChI=1S/C14H8Cl3N5O2/c15-9-6-5-8(7-10(9)16)18-14(13(17)22(23)24)21-12-4-2-1-3-11(12)19-20-21/h1-7,13H. The van der Waals surface area contributed by atoms with E-state index in [2.05, 4.69) is 15.3 Å². The Bertz CT molecular complexity index is 956. The quantitative estimate of drug-likeness (QED) is 0.169. The van der Waals surface area contributed by atoms with Crippen molar-refractivity contribution in [3.8, 4) is 0 Å². The third-order valence-corrected chi connectivity index (χ3v) is 4.21. The van der Waals surface area contributed by atoms with E-state index < -0.39 is 10.4 Å². The molecule has 3 rings (SSSR count). The van der Waals surface area contributed by atoms with E-state index in [0.29, 0.717) is 21.7 Å². The Morgan fingerprint density at radius 1 is 1.21 bits per heavy atom. The highest BCUT2D eigenvalue weighted by atomic mass is 35.5. The first kappa shape index (κ1) is 16.6. The van der Waals surface area contributed by atoms with E-state index >= 15 is 0 Å². The predicted octanol–water partition coefficient (Wildman–Crippen LogP) is 4.16. The van der Waals surface area contributed by atoms with Crippen LogP contribution in [0.15, 0.2) is 47.5 Å². The topological polar surface area (TPSA) is 86.2 Å². The molecule has 0 spiro atoms. The van der Waals surface area contributed by atoms with Crippen molar-refractivity contribution in [3.63, 3.8) is 0 Å². The van der Waals surface area contributed by atoms with Gasteiger partial charge in [0.05, 0.1) is 21.2 Å². The van der Waals surface area contributed by atoms with Gasteiger partial charge in [0, 0.05) is 4.92 Å². The molecule has 1 aromatic heterocycles. The van der Waals surface area contributed by atoms with Crippen LogP contribution in [0.4, 0.5) is 5.69 Å². The lowest BCUT2D eigenvalue weighted by atomic mass is 10.3. The van der Waals surface area contributed by atoms with E-state index in [1.807, 2.05) is 0 Å². The van der Waals surface area contributed by atoms with Crippen LogP contribution < -0.4 is 0 Å². The van der Waals surface area contributed by atoms with Crippen molar-refractivity contribution in [2.75, 3.05) is 0 Å². The molecule has 0 aliphatic rings. The van der Waals surface area contributed by atoms with Crippen molar-refractivity contribution in [1.29, 1.82) is 0 Å². The van der Waals surface area contributed by atoms with E-state index in [1.165, 1.54) is 16.8 Å². The summed E-state index contributed by atoms with van der Waals surface area (Å²) in [7, 11) is 0. The van der Waals surface area contributed by atoms with Crippen LogP contribution in [-0.4, -0.2) is 31.3 Å². The number of benzene rings is 2. The number of fused-ring (bicyclic) bond motifs is 1. The molecule has 0 fully saturated rings. The maximum atomic E-state index is 11.2. The summed E-state index contributed by atoms with van der Waals surface area (Å²) in [6, 6.07) is 11.6. The molecule has 0 N–H and O–H groups in total. The van der Waals surface area contributed by atoms with E-state index in [9.17, 15) is 10.1 Å². The average molecular weight is 385 g/mol. The molecule has 1 atom stereocenters. The van der Waals surface area contributed by atoms with Crippen LogP contribution in [0.1, 0.15) is 0 Å². The van der Waals surface area contributed by atoms with Crippen molar-refractivity contribution >= 4 is 57.4 Å². The molecule has 0 amide bonds. The van der Waals surface area contributed by atoms with Crippen LogP contribution in [0.3, 0.4) is 0 Å². The molecule has 10 heteroatoms. The van der Waals surface area contributed by atoms with Crippen molar-refractivity contribution in [2.24, 2.45) is 4.99 Å². The molecule has 0 saturated heterocycles. The fraction of sp³-hybridized carbons (Fsp3) is 0.0714. The molecule has 122 valence electrons. The van der Waals surface area contributed by atoms with Crippen LogP contribution in [0, 0.1) is 10.1 Å². The number of aliphatic imine (C=N–C) groups is 1. The van der Waals surface area contributed by atoms with Gasteiger partial charge in [-0.1, -0.05) is 40.5 Å². The Morgan fingerprint density at radius 3 is 2.67 bits per heavy atom. The molecule has 0 saturated carbocycles. The zero-order chi connectivity index (χ0) is 17.3. The summed E-state index contributed by atoms with van der Waals surface area (Å²) in [5.74, 6) is -0.103. The molecular weight excluding hydrogens is 377 g/mol. The smallest absolute Gasteiger partial charge is 0.262 e. The summed E-state index contributed by atoms with van der Waals surface area (Å²) < 4.78 is 1.23. The van der Waals surface area contributed by atoms with E-state index in [0.717, 1.165) is 0 Å². The van der Waals surface area contributed by atoms with Crippen molar-refractivity contribution in [1.82, 2.24) is 15.0 Å². The van der Waals surface area contributed by atoms with Gasteiger partial charge in [0.25, 0.3) is 0 Å². The highest BCUT2D eigenvalue weighted by Crippen LogP contribution is 2.27. The minimum atomic E-state index is -1.62. The summed E-state index contributed by atoms with van der Waals surface area (Å²) in [6.45, 7) is 0. The fourth-order valence-corrected chi connectivity index (χ4v) is 2.45. The Hall–Kier alpha value is -2.22. The highest BCUT2D eigenvalue weighted by Gasteiger charge is 2.28. The van der Waals surface area contributed by atoms with Crippen molar-refractivity contribution in [2.45, 2.75) is 5.50 Å². The third kappa shape index (κ3) is 3.19. The normalized spacial score (nSPS) is 13.2. The molecule has 24 heavy (non-hydrogen) atoms. The number of rotatable bonds is 3. The molecule has 7 nitrogen and oxygen atoms in total. The molecule has 1 unspecified atom stereocenters. The van der Waals surface area contributed by atoms with Crippen LogP contribution >= 0.6 is 34.8 Å². The minimum absolute atomic E-state index is 0.103. The molecule has 0 aliphatic carbocycles. The van der Waals surface area contributed by atoms with Gasteiger partial charge in [0.1, 0.15) is 5.52 Å². The van der Waals surface area contributed by atoms with Gasteiger partial charge >= 0.3 is 5.50 Å². The largest absolute Gasteiger partial charge is 0.345 e. The van der Waals surface area contributed by atoms with Gasteiger partial charge in [0.2, 0.25) is 5.84 Å². The Labute approximate surface area is 150 Å². The molecule has 3 aromatic rings. The second kappa shape index (κ2) is 6.72. The van der Waals surface area contributed by atoms with Gasteiger partial charge in [-0.2, -0.15) is 4.68 Å². The predicted molar refractivity (Wildman–Crippen MR) is 93.1 cm³/mol. The van der Waals surface area contributed by atoms with E-state index in [-0.39, 0.29) is 10.9 Å². The number of alkyl halides is 1. The third-order valence-electron chi connectivity index (χ3n) is 3.11. The fourth-order valence-electron chi connectivity index (χ4n) is 2.02.